The van der Waals surface area contributed by atoms with E-state index in [0.29, 0.717) is 16.4 Å². The van der Waals surface area contributed by atoms with Gasteiger partial charge < -0.3 is 15.4 Å². The van der Waals surface area contributed by atoms with Crippen molar-refractivity contribution in [2.75, 3.05) is 17.2 Å². The van der Waals surface area contributed by atoms with Crippen molar-refractivity contribution in [2.24, 2.45) is 0 Å². The zero-order valence-electron chi connectivity index (χ0n) is 19.6. The Balaban J connectivity index is 1.76. The van der Waals surface area contributed by atoms with Gasteiger partial charge in [-0.1, -0.05) is 39.0 Å². The smallest absolute Gasteiger partial charge is 0.341 e. The number of aromatic nitrogens is 2. The number of para-hydroxylation sites is 1. The number of carbonyl (C=O) groups is 3. The monoisotopic (exact) mass is 468 g/mol. The minimum atomic E-state index is -0.664. The number of anilines is 2. The number of nitrogens with zero attached hydrogens (tertiary/aromatic N) is 2. The molecule has 0 fully saturated rings. The molecule has 0 aliphatic carbocycles. The van der Waals surface area contributed by atoms with Crippen molar-refractivity contribution in [3.05, 3.63) is 58.1 Å². The quantitative estimate of drug-likeness (QED) is 0.515. The van der Waals surface area contributed by atoms with Crippen LogP contribution in [0, 0.1) is 13.8 Å². The maximum atomic E-state index is 12.7. The third kappa shape index (κ3) is 5.67. The second kappa shape index (κ2) is 9.58. The molecule has 0 radical (unpaired) electrons. The molecule has 0 saturated carbocycles. The molecule has 8 nitrogen and oxygen atoms in total. The van der Waals surface area contributed by atoms with E-state index in [2.05, 4.69) is 15.7 Å². The first-order valence-corrected chi connectivity index (χ1v) is 11.3. The maximum absolute atomic E-state index is 12.7. The summed E-state index contributed by atoms with van der Waals surface area (Å²) in [6, 6.07) is 11.3. The molecule has 0 bridgehead atoms. The molecule has 0 aliphatic rings. The van der Waals surface area contributed by atoms with Crippen LogP contribution in [-0.2, 0) is 19.7 Å². The minimum Gasteiger partial charge on any atom is -0.452 e. The third-order valence-corrected chi connectivity index (χ3v) is 6.08. The Morgan fingerprint density at radius 1 is 1.09 bits per heavy atom. The lowest BCUT2D eigenvalue weighted by atomic mass is 9.92. The van der Waals surface area contributed by atoms with Gasteiger partial charge in [0.25, 0.3) is 5.91 Å². The number of carbonyl (C=O) groups excluding carboxylic acids is 3. The molecule has 2 aromatic heterocycles. The molecule has 0 atom stereocenters. The first-order valence-electron chi connectivity index (χ1n) is 10.5. The molecule has 2 heterocycles. The molecule has 0 saturated heterocycles. The fourth-order valence-electron chi connectivity index (χ4n) is 3.11. The number of rotatable bonds is 6. The number of hydrogen-bond donors (Lipinski definition) is 2. The van der Waals surface area contributed by atoms with E-state index in [-0.39, 0.29) is 16.9 Å². The SMILES string of the molecule is CC(=O)Nc1sc(C)c(C)c1C(=O)OCC(=O)Nc1cc(C(C)(C)C)nn1-c1ccccc1. The van der Waals surface area contributed by atoms with Gasteiger partial charge in [-0.2, -0.15) is 5.10 Å². The summed E-state index contributed by atoms with van der Waals surface area (Å²) < 4.78 is 6.93. The summed E-state index contributed by atoms with van der Waals surface area (Å²) in [5, 5.41) is 10.5. The molecule has 0 unspecified atom stereocenters. The van der Waals surface area contributed by atoms with Crippen LogP contribution in [0.25, 0.3) is 5.69 Å². The van der Waals surface area contributed by atoms with Gasteiger partial charge in [-0.3, -0.25) is 9.59 Å². The largest absolute Gasteiger partial charge is 0.452 e. The van der Waals surface area contributed by atoms with Crippen LogP contribution >= 0.6 is 11.3 Å². The standard InChI is InChI=1S/C24H28N4O4S/c1-14-15(2)33-22(25-16(3)29)21(14)23(31)32-13-20(30)26-19-12-18(24(4,5)6)27-28(19)17-10-8-7-9-11-17/h7-12H,13H2,1-6H3,(H,25,29)(H,26,30). The number of amides is 2. The summed E-state index contributed by atoms with van der Waals surface area (Å²) in [5.41, 5.74) is 2.36. The molecule has 1 aromatic carbocycles. The Bertz CT molecular complexity index is 1190. The highest BCUT2D eigenvalue weighted by Gasteiger charge is 2.24. The van der Waals surface area contributed by atoms with Gasteiger partial charge in [-0.15, -0.1) is 11.3 Å². The van der Waals surface area contributed by atoms with Crippen LogP contribution in [-0.4, -0.2) is 34.2 Å². The Labute approximate surface area is 197 Å². The average Bonchev–Trinajstić information content (AvgIpc) is 3.27. The first kappa shape index (κ1) is 24.2. The van der Waals surface area contributed by atoms with Crippen LogP contribution in [0.2, 0.25) is 0 Å². The summed E-state index contributed by atoms with van der Waals surface area (Å²) >= 11 is 1.29. The van der Waals surface area contributed by atoms with Gasteiger partial charge in [0, 0.05) is 23.3 Å². The van der Waals surface area contributed by atoms with Crippen molar-refractivity contribution in [2.45, 2.75) is 47.0 Å². The highest BCUT2D eigenvalue weighted by Crippen LogP contribution is 2.33. The van der Waals surface area contributed by atoms with E-state index in [1.807, 2.05) is 64.1 Å². The fourth-order valence-corrected chi connectivity index (χ4v) is 4.20. The van der Waals surface area contributed by atoms with Crippen molar-refractivity contribution in [1.29, 1.82) is 0 Å². The number of ether oxygens (including phenoxy) is 1. The Hall–Kier alpha value is -3.46. The zero-order chi connectivity index (χ0) is 24.3. The van der Waals surface area contributed by atoms with Gasteiger partial charge in [-0.25, -0.2) is 9.48 Å². The molecule has 0 spiro atoms. The lowest BCUT2D eigenvalue weighted by molar-refractivity contribution is -0.119. The topological polar surface area (TPSA) is 102 Å². The van der Waals surface area contributed by atoms with E-state index in [0.717, 1.165) is 16.3 Å². The number of thiophene rings is 1. The summed E-state index contributed by atoms with van der Waals surface area (Å²) in [5.74, 6) is -0.963. The van der Waals surface area contributed by atoms with Crippen LogP contribution in [0.3, 0.4) is 0 Å². The molecule has 3 aromatic rings. The van der Waals surface area contributed by atoms with Crippen LogP contribution < -0.4 is 10.6 Å². The predicted octanol–water partition coefficient (Wildman–Crippen LogP) is 4.60. The van der Waals surface area contributed by atoms with E-state index in [1.165, 1.54) is 18.3 Å². The molecule has 2 amide bonds. The minimum absolute atomic E-state index is 0.222. The number of esters is 1. The lowest BCUT2D eigenvalue weighted by Crippen LogP contribution is -2.23. The Kier molecular flexibility index (Phi) is 7.02. The fraction of sp³-hybridized carbons (Fsp3) is 0.333. The van der Waals surface area contributed by atoms with E-state index in [1.54, 1.807) is 11.6 Å². The van der Waals surface area contributed by atoms with Gasteiger partial charge >= 0.3 is 5.97 Å². The van der Waals surface area contributed by atoms with Crippen molar-refractivity contribution in [3.63, 3.8) is 0 Å². The highest BCUT2D eigenvalue weighted by atomic mass is 32.1. The van der Waals surface area contributed by atoms with Crippen LogP contribution in [0.1, 0.15) is 54.2 Å². The average molecular weight is 469 g/mol. The second-order valence-electron chi connectivity index (χ2n) is 8.71. The van der Waals surface area contributed by atoms with Crippen LogP contribution in [0.15, 0.2) is 36.4 Å². The van der Waals surface area contributed by atoms with Gasteiger partial charge in [0.2, 0.25) is 5.91 Å². The molecule has 174 valence electrons. The second-order valence-corrected chi connectivity index (χ2v) is 9.93. The third-order valence-electron chi connectivity index (χ3n) is 4.96. The van der Waals surface area contributed by atoms with Crippen molar-refractivity contribution in [3.8, 4) is 5.69 Å². The first-order chi connectivity index (χ1) is 15.5. The summed E-state index contributed by atoms with van der Waals surface area (Å²) in [4.78, 5) is 37.7. The highest BCUT2D eigenvalue weighted by molar-refractivity contribution is 7.16. The molecule has 2 N–H and O–H groups in total. The number of aryl methyl sites for hydroxylation is 1. The molecule has 0 aliphatic heterocycles. The maximum Gasteiger partial charge on any atom is 0.341 e. The van der Waals surface area contributed by atoms with Crippen molar-refractivity contribution in [1.82, 2.24) is 9.78 Å². The van der Waals surface area contributed by atoms with E-state index >= 15 is 0 Å². The Morgan fingerprint density at radius 3 is 2.36 bits per heavy atom. The van der Waals surface area contributed by atoms with Crippen molar-refractivity contribution < 1.29 is 19.1 Å². The molecule has 33 heavy (non-hydrogen) atoms. The summed E-state index contributed by atoms with van der Waals surface area (Å²) in [6.07, 6.45) is 0. The summed E-state index contributed by atoms with van der Waals surface area (Å²) in [6.45, 7) is 10.6. The van der Waals surface area contributed by atoms with Gasteiger partial charge in [0.15, 0.2) is 6.61 Å². The number of nitrogens with one attached hydrogen (secondary N) is 2. The van der Waals surface area contributed by atoms with Crippen molar-refractivity contribution >= 4 is 39.9 Å². The van der Waals surface area contributed by atoms with Gasteiger partial charge in [-0.05, 0) is 31.5 Å². The molecular formula is C24H28N4O4S. The van der Waals surface area contributed by atoms with Gasteiger partial charge in [0.1, 0.15) is 10.8 Å². The number of benzene rings is 1. The van der Waals surface area contributed by atoms with Crippen LogP contribution in [0.4, 0.5) is 10.8 Å². The lowest BCUT2D eigenvalue weighted by Gasteiger charge is -2.14. The Morgan fingerprint density at radius 2 is 1.76 bits per heavy atom. The van der Waals surface area contributed by atoms with E-state index < -0.39 is 18.5 Å². The molecule has 9 heteroatoms. The molecular weight excluding hydrogens is 440 g/mol. The predicted molar refractivity (Wildman–Crippen MR) is 129 cm³/mol. The molecule has 3 rings (SSSR count). The normalized spacial score (nSPS) is 11.2. The zero-order valence-corrected chi connectivity index (χ0v) is 20.4. The number of hydrogen-bond acceptors (Lipinski definition) is 6. The summed E-state index contributed by atoms with van der Waals surface area (Å²) in [7, 11) is 0. The van der Waals surface area contributed by atoms with E-state index in [9.17, 15) is 14.4 Å². The van der Waals surface area contributed by atoms with Crippen LogP contribution in [0.5, 0.6) is 0 Å². The van der Waals surface area contributed by atoms with Gasteiger partial charge in [0.05, 0.1) is 16.9 Å². The van der Waals surface area contributed by atoms with E-state index in [4.69, 9.17) is 4.74 Å².